The van der Waals surface area contributed by atoms with Crippen LogP contribution in [0.2, 0.25) is 5.02 Å². The molecule has 1 saturated heterocycles. The lowest BCUT2D eigenvalue weighted by Crippen LogP contribution is -2.48. The largest absolute Gasteiger partial charge is 0.368 e. The number of thiocarbonyl (C=S) groups is 1. The van der Waals surface area contributed by atoms with Crippen molar-refractivity contribution in [2.75, 3.05) is 31.1 Å². The summed E-state index contributed by atoms with van der Waals surface area (Å²) in [5.74, 6) is 0. The number of nitrogens with zero attached hydrogens (tertiary/aromatic N) is 2. The molecular formula is C18H19ClN2S. The summed E-state index contributed by atoms with van der Waals surface area (Å²) in [5, 5.41) is 0.784. The lowest BCUT2D eigenvalue weighted by molar-refractivity contribution is 0.387. The first-order chi connectivity index (χ1) is 10.7. The van der Waals surface area contributed by atoms with Gasteiger partial charge in [0, 0.05) is 43.3 Å². The van der Waals surface area contributed by atoms with Crippen LogP contribution >= 0.6 is 23.8 Å². The van der Waals surface area contributed by atoms with E-state index in [0.29, 0.717) is 0 Å². The van der Waals surface area contributed by atoms with Crippen LogP contribution in [0, 0.1) is 0 Å². The van der Waals surface area contributed by atoms with Gasteiger partial charge in [-0.3, -0.25) is 0 Å². The van der Waals surface area contributed by atoms with Gasteiger partial charge in [-0.25, -0.2) is 0 Å². The molecule has 0 aromatic heterocycles. The van der Waals surface area contributed by atoms with Crippen molar-refractivity contribution in [1.82, 2.24) is 4.90 Å². The number of anilines is 1. The van der Waals surface area contributed by atoms with Gasteiger partial charge in [0.2, 0.25) is 0 Å². The molecule has 0 atom stereocenters. The molecule has 1 fully saturated rings. The summed E-state index contributed by atoms with van der Waals surface area (Å²) in [6.45, 7) is 3.95. The Morgan fingerprint density at radius 1 is 0.909 bits per heavy atom. The van der Waals surface area contributed by atoms with Crippen molar-refractivity contribution in [3.8, 4) is 0 Å². The van der Waals surface area contributed by atoms with E-state index in [1.165, 1.54) is 11.3 Å². The quantitative estimate of drug-likeness (QED) is 0.784. The van der Waals surface area contributed by atoms with Gasteiger partial charge in [-0.15, -0.1) is 0 Å². The standard InChI is InChI=1S/C18H19ClN2S/c19-16-6-8-17(9-7-16)20-10-12-21(13-11-20)18(22)14-15-4-2-1-3-5-15/h1-9H,10-14H2. The number of rotatable bonds is 3. The Labute approximate surface area is 142 Å². The van der Waals surface area contributed by atoms with Crippen LogP contribution in [0.25, 0.3) is 0 Å². The predicted molar refractivity (Wildman–Crippen MR) is 98.0 cm³/mol. The van der Waals surface area contributed by atoms with E-state index in [9.17, 15) is 0 Å². The number of halogens is 1. The van der Waals surface area contributed by atoms with E-state index >= 15 is 0 Å². The lowest BCUT2D eigenvalue weighted by Gasteiger charge is -2.37. The molecule has 1 aliphatic heterocycles. The second kappa shape index (κ2) is 7.12. The van der Waals surface area contributed by atoms with Crippen LogP contribution in [0.3, 0.4) is 0 Å². The van der Waals surface area contributed by atoms with Gasteiger partial charge in [-0.05, 0) is 29.8 Å². The first kappa shape index (κ1) is 15.3. The molecule has 0 aliphatic carbocycles. The van der Waals surface area contributed by atoms with Gasteiger partial charge in [0.05, 0.1) is 4.99 Å². The first-order valence-corrected chi connectivity index (χ1v) is 8.33. The molecule has 0 N–H and O–H groups in total. The molecule has 0 unspecified atom stereocenters. The Bertz CT molecular complexity index is 619. The molecule has 2 nitrogen and oxygen atoms in total. The topological polar surface area (TPSA) is 6.48 Å². The third kappa shape index (κ3) is 3.79. The van der Waals surface area contributed by atoms with E-state index in [1.807, 2.05) is 18.2 Å². The molecule has 0 radical (unpaired) electrons. The second-order valence-electron chi connectivity index (χ2n) is 5.51. The fourth-order valence-corrected chi connectivity index (χ4v) is 3.22. The molecule has 114 valence electrons. The van der Waals surface area contributed by atoms with Crippen LogP contribution in [0.4, 0.5) is 5.69 Å². The van der Waals surface area contributed by atoms with Gasteiger partial charge in [-0.2, -0.15) is 0 Å². The van der Waals surface area contributed by atoms with Crippen molar-refractivity contribution in [1.29, 1.82) is 0 Å². The molecule has 2 aromatic rings. The third-order valence-electron chi connectivity index (χ3n) is 4.02. The van der Waals surface area contributed by atoms with Crippen molar-refractivity contribution < 1.29 is 0 Å². The van der Waals surface area contributed by atoms with Crippen molar-refractivity contribution in [2.24, 2.45) is 0 Å². The van der Waals surface area contributed by atoms with E-state index in [4.69, 9.17) is 23.8 Å². The summed E-state index contributed by atoms with van der Waals surface area (Å²) < 4.78 is 0. The molecule has 0 saturated carbocycles. The number of hydrogen-bond donors (Lipinski definition) is 0. The molecular weight excluding hydrogens is 312 g/mol. The molecule has 22 heavy (non-hydrogen) atoms. The monoisotopic (exact) mass is 330 g/mol. The van der Waals surface area contributed by atoms with Crippen LogP contribution < -0.4 is 4.90 Å². The van der Waals surface area contributed by atoms with Gasteiger partial charge in [0.25, 0.3) is 0 Å². The van der Waals surface area contributed by atoms with Crippen LogP contribution in [0.1, 0.15) is 5.56 Å². The summed E-state index contributed by atoms with van der Waals surface area (Å²) in [6.07, 6.45) is 0.858. The highest BCUT2D eigenvalue weighted by molar-refractivity contribution is 7.80. The van der Waals surface area contributed by atoms with E-state index in [0.717, 1.165) is 42.6 Å². The van der Waals surface area contributed by atoms with Gasteiger partial charge in [0.1, 0.15) is 0 Å². The highest BCUT2D eigenvalue weighted by Crippen LogP contribution is 2.20. The third-order valence-corrected chi connectivity index (χ3v) is 4.68. The van der Waals surface area contributed by atoms with Crippen LogP contribution in [0.5, 0.6) is 0 Å². The smallest absolute Gasteiger partial charge is 0.0824 e. The summed E-state index contributed by atoms with van der Waals surface area (Å²) in [7, 11) is 0. The molecule has 1 heterocycles. The molecule has 1 aliphatic rings. The average molecular weight is 331 g/mol. The maximum atomic E-state index is 5.95. The van der Waals surface area contributed by atoms with Crippen molar-refractivity contribution in [2.45, 2.75) is 6.42 Å². The van der Waals surface area contributed by atoms with Crippen LogP contribution in [-0.4, -0.2) is 36.1 Å². The minimum atomic E-state index is 0.784. The van der Waals surface area contributed by atoms with E-state index in [2.05, 4.69) is 46.2 Å². The van der Waals surface area contributed by atoms with Crippen LogP contribution in [-0.2, 0) is 6.42 Å². The zero-order valence-corrected chi connectivity index (χ0v) is 14.0. The predicted octanol–water partition coefficient (Wildman–Crippen LogP) is 4.03. The fourth-order valence-electron chi connectivity index (χ4n) is 2.75. The Kier molecular flexibility index (Phi) is 4.96. The van der Waals surface area contributed by atoms with Gasteiger partial charge in [0.15, 0.2) is 0 Å². The van der Waals surface area contributed by atoms with Gasteiger partial charge >= 0.3 is 0 Å². The molecule has 4 heteroatoms. The number of benzene rings is 2. The number of hydrogen-bond acceptors (Lipinski definition) is 2. The first-order valence-electron chi connectivity index (χ1n) is 7.54. The zero-order valence-electron chi connectivity index (χ0n) is 12.4. The number of piperazine rings is 1. The van der Waals surface area contributed by atoms with Gasteiger partial charge in [-0.1, -0.05) is 54.2 Å². The highest BCUT2D eigenvalue weighted by atomic mass is 35.5. The Morgan fingerprint density at radius 3 is 2.18 bits per heavy atom. The molecule has 0 bridgehead atoms. The average Bonchev–Trinajstić information content (AvgIpc) is 2.57. The SMILES string of the molecule is S=C(Cc1ccccc1)N1CCN(c2ccc(Cl)cc2)CC1. The summed E-state index contributed by atoms with van der Waals surface area (Å²) >= 11 is 11.6. The van der Waals surface area contributed by atoms with Crippen molar-refractivity contribution in [3.63, 3.8) is 0 Å². The second-order valence-corrected chi connectivity index (χ2v) is 6.41. The zero-order chi connectivity index (χ0) is 15.4. The molecule has 2 aromatic carbocycles. The Morgan fingerprint density at radius 2 is 1.55 bits per heavy atom. The summed E-state index contributed by atoms with van der Waals surface area (Å²) in [5.41, 5.74) is 2.52. The Hall–Kier alpha value is -1.58. The van der Waals surface area contributed by atoms with E-state index < -0.39 is 0 Å². The maximum absolute atomic E-state index is 5.95. The highest BCUT2D eigenvalue weighted by Gasteiger charge is 2.19. The Balaban J connectivity index is 1.55. The van der Waals surface area contributed by atoms with Crippen LogP contribution in [0.15, 0.2) is 54.6 Å². The normalized spacial score (nSPS) is 15.0. The summed E-state index contributed by atoms with van der Waals surface area (Å²) in [6, 6.07) is 18.5. The molecule has 0 amide bonds. The van der Waals surface area contributed by atoms with Crippen molar-refractivity contribution >= 4 is 34.5 Å². The van der Waals surface area contributed by atoms with E-state index in [1.54, 1.807) is 0 Å². The maximum Gasteiger partial charge on any atom is 0.0824 e. The lowest BCUT2D eigenvalue weighted by atomic mass is 10.1. The fraction of sp³-hybridized carbons (Fsp3) is 0.278. The van der Waals surface area contributed by atoms with Gasteiger partial charge < -0.3 is 9.80 Å². The molecule has 3 rings (SSSR count). The van der Waals surface area contributed by atoms with E-state index in [-0.39, 0.29) is 0 Å². The molecule has 0 spiro atoms. The summed E-state index contributed by atoms with van der Waals surface area (Å²) in [4.78, 5) is 5.76. The van der Waals surface area contributed by atoms with Crippen molar-refractivity contribution in [3.05, 3.63) is 65.2 Å². The minimum absolute atomic E-state index is 0.784. The minimum Gasteiger partial charge on any atom is -0.368 e.